The molecule has 3 aromatic rings. The van der Waals surface area contributed by atoms with E-state index in [1.54, 1.807) is 67.6 Å². The summed E-state index contributed by atoms with van der Waals surface area (Å²) in [7, 11) is -1.19. The van der Waals surface area contributed by atoms with Crippen molar-refractivity contribution < 1.29 is 22.7 Å². The first kappa shape index (κ1) is 29.0. The van der Waals surface area contributed by atoms with E-state index in [9.17, 15) is 18.0 Å². The van der Waals surface area contributed by atoms with Crippen molar-refractivity contribution in [2.24, 2.45) is 0 Å². The first-order valence-electron chi connectivity index (χ1n) is 12.1. The molecule has 0 saturated carbocycles. The highest BCUT2D eigenvalue weighted by atomic mass is 35.5. The van der Waals surface area contributed by atoms with Gasteiger partial charge in [0.1, 0.15) is 18.3 Å². The van der Waals surface area contributed by atoms with Crippen LogP contribution in [-0.4, -0.2) is 51.9 Å². The SMILES string of the molecule is CC[C@H](C(=O)NC)N(Cc1ccccc1Cl)C(=O)CN(c1cccc(OC)c1)S(=O)(=O)c1ccc(C)cc1. The van der Waals surface area contributed by atoms with Gasteiger partial charge in [-0.2, -0.15) is 0 Å². The summed E-state index contributed by atoms with van der Waals surface area (Å²) in [4.78, 5) is 28.1. The minimum Gasteiger partial charge on any atom is -0.497 e. The van der Waals surface area contributed by atoms with Gasteiger partial charge >= 0.3 is 0 Å². The molecule has 0 aliphatic heterocycles. The van der Waals surface area contributed by atoms with E-state index >= 15 is 0 Å². The van der Waals surface area contributed by atoms with Gasteiger partial charge in [-0.15, -0.1) is 0 Å². The molecule has 3 aromatic carbocycles. The molecule has 0 radical (unpaired) electrons. The predicted octanol–water partition coefficient (Wildman–Crippen LogP) is 4.41. The van der Waals surface area contributed by atoms with Gasteiger partial charge in [0.2, 0.25) is 11.8 Å². The summed E-state index contributed by atoms with van der Waals surface area (Å²) >= 11 is 6.38. The van der Waals surface area contributed by atoms with Crippen LogP contribution in [0.3, 0.4) is 0 Å². The van der Waals surface area contributed by atoms with Crippen LogP contribution in [0, 0.1) is 6.92 Å². The van der Waals surface area contributed by atoms with E-state index in [2.05, 4.69) is 5.32 Å². The maximum atomic E-state index is 13.9. The number of methoxy groups -OCH3 is 1. The van der Waals surface area contributed by atoms with E-state index in [0.717, 1.165) is 9.87 Å². The summed E-state index contributed by atoms with van der Waals surface area (Å²) < 4.78 is 34.1. The first-order valence-corrected chi connectivity index (χ1v) is 13.9. The summed E-state index contributed by atoms with van der Waals surface area (Å²) in [6.07, 6.45) is 0.319. The maximum Gasteiger partial charge on any atom is 0.264 e. The quantitative estimate of drug-likeness (QED) is 0.377. The Hall–Kier alpha value is -3.56. The van der Waals surface area contributed by atoms with Gasteiger partial charge in [-0.3, -0.25) is 13.9 Å². The fraction of sp³-hybridized carbons (Fsp3) is 0.286. The van der Waals surface area contributed by atoms with Gasteiger partial charge < -0.3 is 15.0 Å². The molecule has 3 rings (SSSR count). The van der Waals surface area contributed by atoms with Crippen molar-refractivity contribution in [1.29, 1.82) is 0 Å². The molecule has 2 amide bonds. The number of benzene rings is 3. The molecular formula is C28H32ClN3O5S. The third-order valence-corrected chi connectivity index (χ3v) is 8.32. The van der Waals surface area contributed by atoms with Crippen molar-refractivity contribution >= 4 is 39.1 Å². The lowest BCUT2D eigenvalue weighted by atomic mass is 10.1. The molecule has 1 atom stereocenters. The standard InChI is InChI=1S/C28H32ClN3O5S/c1-5-26(28(34)30-3)31(18-21-9-6-7-12-25(21)29)27(33)19-32(22-10-8-11-23(17-22)37-4)38(35,36)24-15-13-20(2)14-16-24/h6-17,26H,5,18-19H2,1-4H3,(H,30,34)/t26-/m1/s1. The monoisotopic (exact) mass is 557 g/mol. The number of hydrogen-bond acceptors (Lipinski definition) is 5. The lowest BCUT2D eigenvalue weighted by Gasteiger charge is -2.33. The number of halogens is 1. The molecule has 0 bridgehead atoms. The van der Waals surface area contributed by atoms with Crippen molar-refractivity contribution in [3.8, 4) is 5.75 Å². The second kappa shape index (κ2) is 12.8. The number of hydrogen-bond donors (Lipinski definition) is 1. The molecule has 0 fully saturated rings. The van der Waals surface area contributed by atoms with Crippen LogP contribution in [0.25, 0.3) is 0 Å². The summed E-state index contributed by atoms with van der Waals surface area (Å²) in [5, 5.41) is 3.04. The topological polar surface area (TPSA) is 96.0 Å². The van der Waals surface area contributed by atoms with Crippen LogP contribution in [0.5, 0.6) is 5.75 Å². The Labute approximate surface area is 229 Å². The highest BCUT2D eigenvalue weighted by Crippen LogP contribution is 2.28. The zero-order chi connectivity index (χ0) is 27.9. The van der Waals surface area contributed by atoms with Crippen LogP contribution in [-0.2, 0) is 26.2 Å². The highest BCUT2D eigenvalue weighted by Gasteiger charge is 2.33. The molecule has 10 heteroatoms. The van der Waals surface area contributed by atoms with Crippen LogP contribution >= 0.6 is 11.6 Å². The predicted molar refractivity (Wildman–Crippen MR) is 149 cm³/mol. The fourth-order valence-corrected chi connectivity index (χ4v) is 5.63. The van der Waals surface area contributed by atoms with Gasteiger partial charge in [-0.25, -0.2) is 8.42 Å². The number of sulfonamides is 1. The smallest absolute Gasteiger partial charge is 0.264 e. The summed E-state index contributed by atoms with van der Waals surface area (Å²) in [6, 6.07) is 19.1. The molecule has 0 spiro atoms. The summed E-state index contributed by atoms with van der Waals surface area (Å²) in [5.41, 5.74) is 1.79. The Balaban J connectivity index is 2.09. The third kappa shape index (κ3) is 6.65. The zero-order valence-corrected chi connectivity index (χ0v) is 23.4. The van der Waals surface area contributed by atoms with Gasteiger partial charge in [0.15, 0.2) is 0 Å². The molecule has 0 aliphatic rings. The summed E-state index contributed by atoms with van der Waals surface area (Å²) in [5.74, 6) is -0.482. The average Bonchev–Trinajstić information content (AvgIpc) is 2.92. The number of ether oxygens (including phenoxy) is 1. The van der Waals surface area contributed by atoms with Crippen molar-refractivity contribution in [1.82, 2.24) is 10.2 Å². The van der Waals surface area contributed by atoms with Gasteiger partial charge in [-0.1, -0.05) is 60.5 Å². The number of nitrogens with one attached hydrogen (secondary N) is 1. The second-order valence-corrected chi connectivity index (χ2v) is 10.9. The molecule has 0 saturated heterocycles. The minimum absolute atomic E-state index is 0.0287. The lowest BCUT2D eigenvalue weighted by Crippen LogP contribution is -2.51. The molecule has 1 N–H and O–H groups in total. The maximum absolute atomic E-state index is 13.9. The Morgan fingerprint density at radius 3 is 2.32 bits per heavy atom. The van der Waals surface area contributed by atoms with Crippen LogP contribution < -0.4 is 14.4 Å². The van der Waals surface area contributed by atoms with Crippen molar-refractivity contribution in [2.45, 2.75) is 37.8 Å². The van der Waals surface area contributed by atoms with Crippen LogP contribution in [0.4, 0.5) is 5.69 Å². The van der Waals surface area contributed by atoms with Crippen LogP contribution in [0.15, 0.2) is 77.7 Å². The van der Waals surface area contributed by atoms with Crippen LogP contribution in [0.1, 0.15) is 24.5 Å². The number of aryl methyl sites for hydroxylation is 1. The van der Waals surface area contributed by atoms with E-state index in [0.29, 0.717) is 22.8 Å². The molecule has 0 unspecified atom stereocenters. The Morgan fingerprint density at radius 2 is 1.71 bits per heavy atom. The first-order chi connectivity index (χ1) is 18.1. The summed E-state index contributed by atoms with van der Waals surface area (Å²) in [6.45, 7) is 3.13. The highest BCUT2D eigenvalue weighted by molar-refractivity contribution is 7.92. The Kier molecular flexibility index (Phi) is 9.77. The second-order valence-electron chi connectivity index (χ2n) is 8.68. The van der Waals surface area contributed by atoms with Gasteiger partial charge in [-0.05, 0) is 49.2 Å². The average molecular weight is 558 g/mol. The van der Waals surface area contributed by atoms with Crippen LogP contribution in [0.2, 0.25) is 5.02 Å². The number of carbonyl (C=O) groups excluding carboxylic acids is 2. The fourth-order valence-electron chi connectivity index (χ4n) is 4.03. The van der Waals surface area contributed by atoms with E-state index < -0.39 is 28.5 Å². The van der Waals surface area contributed by atoms with Crippen molar-refractivity contribution in [2.75, 3.05) is 25.0 Å². The number of likely N-dealkylation sites (N-methyl/N-ethyl adjacent to an activating group) is 1. The molecule has 8 nitrogen and oxygen atoms in total. The minimum atomic E-state index is -4.16. The number of carbonyl (C=O) groups is 2. The molecular weight excluding hydrogens is 526 g/mol. The number of rotatable bonds is 11. The van der Waals surface area contributed by atoms with E-state index in [1.165, 1.54) is 31.2 Å². The van der Waals surface area contributed by atoms with E-state index in [1.807, 2.05) is 6.92 Å². The normalized spacial score (nSPS) is 11.9. The van der Waals surface area contributed by atoms with Crippen molar-refractivity contribution in [3.63, 3.8) is 0 Å². The number of nitrogens with zero attached hydrogens (tertiary/aromatic N) is 2. The number of amides is 2. The van der Waals surface area contributed by atoms with Gasteiger partial charge in [0.05, 0.1) is 17.7 Å². The third-order valence-electron chi connectivity index (χ3n) is 6.16. The Bertz CT molecular complexity index is 1380. The van der Waals surface area contributed by atoms with E-state index in [-0.39, 0.29) is 23.0 Å². The lowest BCUT2D eigenvalue weighted by molar-refractivity contribution is -0.140. The Morgan fingerprint density at radius 1 is 1.03 bits per heavy atom. The van der Waals surface area contributed by atoms with Crippen molar-refractivity contribution in [3.05, 3.63) is 88.9 Å². The molecule has 0 heterocycles. The molecule has 0 aliphatic carbocycles. The molecule has 38 heavy (non-hydrogen) atoms. The largest absolute Gasteiger partial charge is 0.497 e. The zero-order valence-electron chi connectivity index (χ0n) is 21.8. The van der Waals surface area contributed by atoms with Gasteiger partial charge in [0.25, 0.3) is 10.0 Å². The molecule has 202 valence electrons. The van der Waals surface area contributed by atoms with Gasteiger partial charge in [0, 0.05) is 24.7 Å². The molecule has 0 aromatic heterocycles. The number of anilines is 1. The van der Waals surface area contributed by atoms with E-state index in [4.69, 9.17) is 16.3 Å².